The van der Waals surface area contributed by atoms with Gasteiger partial charge in [-0.2, -0.15) is 0 Å². The lowest BCUT2D eigenvalue weighted by molar-refractivity contribution is -0.156. The van der Waals surface area contributed by atoms with Gasteiger partial charge in [0.05, 0.1) is 18.1 Å². The number of carbonyl (C=O) groups is 1. The van der Waals surface area contributed by atoms with E-state index in [1.165, 1.54) is 22.2 Å². The van der Waals surface area contributed by atoms with E-state index in [0.29, 0.717) is 12.3 Å². The van der Waals surface area contributed by atoms with E-state index in [0.717, 1.165) is 32.4 Å². The van der Waals surface area contributed by atoms with Gasteiger partial charge in [0, 0.05) is 29.7 Å². The van der Waals surface area contributed by atoms with Gasteiger partial charge in [-0.15, -0.1) is 0 Å². The number of para-hydroxylation sites is 1. The van der Waals surface area contributed by atoms with Gasteiger partial charge in [0.2, 0.25) is 0 Å². The van der Waals surface area contributed by atoms with E-state index in [4.69, 9.17) is 0 Å². The van der Waals surface area contributed by atoms with E-state index in [-0.39, 0.29) is 17.4 Å². The van der Waals surface area contributed by atoms with Crippen LogP contribution in [0.4, 0.5) is 0 Å². The van der Waals surface area contributed by atoms with E-state index in [1.807, 2.05) is 0 Å². The summed E-state index contributed by atoms with van der Waals surface area (Å²) in [4.78, 5) is 17.9. The molecule has 5 atom stereocenters. The Hall–Kier alpha value is -1.89. The molecule has 1 aromatic heterocycles. The molecule has 1 saturated carbocycles. The minimum Gasteiger partial charge on any atom is -0.481 e. The summed E-state index contributed by atoms with van der Waals surface area (Å²) in [5, 5.41) is 21.3. The number of rotatable bonds is 1. The smallest absolute Gasteiger partial charge is 0.309 e. The minimum atomic E-state index is -0.830. The van der Waals surface area contributed by atoms with Crippen molar-refractivity contribution in [3.63, 3.8) is 0 Å². The molecular formula is C20H26N2O4. The second kappa shape index (κ2) is 6.37. The lowest BCUT2D eigenvalue weighted by Crippen LogP contribution is -2.53. The molecule has 1 aromatic carbocycles. The number of aromatic amines is 1. The van der Waals surface area contributed by atoms with Gasteiger partial charge in [0.25, 0.3) is 0 Å². The van der Waals surface area contributed by atoms with Crippen molar-refractivity contribution >= 4 is 16.9 Å². The largest absolute Gasteiger partial charge is 0.481 e. The highest BCUT2D eigenvalue weighted by Gasteiger charge is 2.49. The Morgan fingerprint density at radius 2 is 2.04 bits per heavy atom. The van der Waals surface area contributed by atoms with Gasteiger partial charge in [-0.1, -0.05) is 18.2 Å². The summed E-state index contributed by atoms with van der Waals surface area (Å²) in [6.45, 7) is 2.00. The van der Waals surface area contributed by atoms with E-state index in [1.54, 1.807) is 0 Å². The number of aliphatic carboxylic acids is 1. The summed E-state index contributed by atoms with van der Waals surface area (Å²) in [5.41, 5.74) is 3.85. The van der Waals surface area contributed by atoms with Crippen molar-refractivity contribution in [1.82, 2.24) is 9.88 Å². The molecule has 3 heterocycles. The highest BCUT2D eigenvalue weighted by molar-refractivity contribution is 5.85. The molecule has 1 saturated heterocycles. The van der Waals surface area contributed by atoms with Crippen LogP contribution in [-0.2, 0) is 11.2 Å². The number of H-pyrrole nitrogens is 1. The van der Waals surface area contributed by atoms with E-state index < -0.39 is 18.0 Å². The van der Waals surface area contributed by atoms with Gasteiger partial charge >= 0.3 is 5.97 Å². The van der Waals surface area contributed by atoms with Gasteiger partial charge in [-0.05, 0) is 49.1 Å². The monoisotopic (exact) mass is 358 g/mol. The number of fused-ring (bicyclic) bond motifs is 6. The molecule has 0 radical (unpaired) electrons. The molecule has 26 heavy (non-hydrogen) atoms. The topological polar surface area (TPSA) is 108 Å². The first-order valence-corrected chi connectivity index (χ1v) is 9.38. The Balaban J connectivity index is 0.00000168. The highest BCUT2D eigenvalue weighted by atomic mass is 16.4. The molecule has 5 rings (SSSR count). The van der Waals surface area contributed by atoms with E-state index in [2.05, 4.69) is 34.1 Å². The SMILES string of the molecule is O.O=C(O)[C@@H]1[C@@H]2C[C@H]3c4[nH]c5ccccc5c4CCN3C[C@@H]2CC[C@@H]1O. The first kappa shape index (κ1) is 17.5. The molecule has 2 aliphatic heterocycles. The zero-order chi connectivity index (χ0) is 17.1. The number of hydrogen-bond acceptors (Lipinski definition) is 3. The number of carboxylic acid groups (broad SMARTS) is 1. The molecule has 0 spiro atoms. The van der Waals surface area contributed by atoms with Crippen LogP contribution in [0.25, 0.3) is 10.9 Å². The Kier molecular flexibility index (Phi) is 4.29. The zero-order valence-electron chi connectivity index (χ0n) is 14.7. The fraction of sp³-hybridized carbons (Fsp3) is 0.550. The molecule has 2 fully saturated rings. The average Bonchev–Trinajstić information content (AvgIpc) is 2.99. The predicted molar refractivity (Wildman–Crippen MR) is 97.9 cm³/mol. The van der Waals surface area contributed by atoms with Crippen LogP contribution in [0.2, 0.25) is 0 Å². The third-order valence-corrected chi connectivity index (χ3v) is 6.83. The van der Waals surface area contributed by atoms with Crippen molar-refractivity contribution < 1.29 is 20.5 Å². The Morgan fingerprint density at radius 3 is 2.85 bits per heavy atom. The molecule has 1 aliphatic carbocycles. The maximum atomic E-state index is 11.8. The van der Waals surface area contributed by atoms with Crippen LogP contribution in [0.5, 0.6) is 0 Å². The number of aromatic nitrogens is 1. The van der Waals surface area contributed by atoms with Crippen molar-refractivity contribution in [1.29, 1.82) is 0 Å². The predicted octanol–water partition coefficient (Wildman–Crippen LogP) is 1.73. The fourth-order valence-corrected chi connectivity index (χ4v) is 5.68. The second-order valence-corrected chi connectivity index (χ2v) is 7.99. The third-order valence-electron chi connectivity index (χ3n) is 6.83. The highest BCUT2D eigenvalue weighted by Crippen LogP contribution is 2.49. The molecule has 6 heteroatoms. The summed E-state index contributed by atoms with van der Waals surface area (Å²) in [6.07, 6.45) is 2.75. The number of aliphatic hydroxyl groups is 1. The molecule has 5 N–H and O–H groups in total. The quantitative estimate of drug-likeness (QED) is 0.721. The normalized spacial score (nSPS) is 33.7. The van der Waals surface area contributed by atoms with Gasteiger partial charge in [-0.3, -0.25) is 9.69 Å². The maximum Gasteiger partial charge on any atom is 0.309 e. The van der Waals surface area contributed by atoms with Gasteiger partial charge < -0.3 is 20.7 Å². The number of nitrogens with one attached hydrogen (secondary N) is 1. The van der Waals surface area contributed by atoms with Gasteiger partial charge in [0.15, 0.2) is 0 Å². The summed E-state index contributed by atoms with van der Waals surface area (Å²) in [6, 6.07) is 8.68. The summed E-state index contributed by atoms with van der Waals surface area (Å²) in [5.74, 6) is -0.981. The van der Waals surface area contributed by atoms with Crippen LogP contribution < -0.4 is 0 Å². The molecule has 0 bridgehead atoms. The van der Waals surface area contributed by atoms with Crippen LogP contribution in [0.1, 0.15) is 36.6 Å². The van der Waals surface area contributed by atoms with Crippen molar-refractivity contribution in [2.45, 2.75) is 37.8 Å². The van der Waals surface area contributed by atoms with Crippen molar-refractivity contribution in [2.24, 2.45) is 17.8 Å². The van der Waals surface area contributed by atoms with Crippen LogP contribution >= 0.6 is 0 Å². The summed E-state index contributed by atoms with van der Waals surface area (Å²) < 4.78 is 0. The first-order chi connectivity index (χ1) is 12.1. The second-order valence-electron chi connectivity index (χ2n) is 7.99. The number of aliphatic hydroxyl groups excluding tert-OH is 1. The number of carboxylic acids is 1. The Bertz CT molecular complexity index is 832. The number of nitrogens with zero attached hydrogens (tertiary/aromatic N) is 1. The van der Waals surface area contributed by atoms with Crippen LogP contribution in [0.15, 0.2) is 24.3 Å². The number of piperidine rings is 1. The molecule has 0 amide bonds. The lowest BCUT2D eigenvalue weighted by atomic mass is 9.65. The zero-order valence-corrected chi connectivity index (χ0v) is 14.7. The Morgan fingerprint density at radius 1 is 1.23 bits per heavy atom. The van der Waals surface area contributed by atoms with Crippen molar-refractivity contribution in [2.75, 3.05) is 13.1 Å². The van der Waals surface area contributed by atoms with E-state index >= 15 is 0 Å². The molecule has 3 aliphatic rings. The molecule has 0 unspecified atom stereocenters. The summed E-state index contributed by atoms with van der Waals surface area (Å²) in [7, 11) is 0. The maximum absolute atomic E-state index is 11.8. The summed E-state index contributed by atoms with van der Waals surface area (Å²) >= 11 is 0. The third kappa shape index (κ3) is 2.47. The molecule has 140 valence electrons. The molecule has 2 aromatic rings. The van der Waals surface area contributed by atoms with Crippen molar-refractivity contribution in [3.8, 4) is 0 Å². The fourth-order valence-electron chi connectivity index (χ4n) is 5.68. The molecule has 6 nitrogen and oxygen atoms in total. The first-order valence-electron chi connectivity index (χ1n) is 9.38. The molecular weight excluding hydrogens is 332 g/mol. The average molecular weight is 358 g/mol. The van der Waals surface area contributed by atoms with Crippen LogP contribution in [0, 0.1) is 17.8 Å². The van der Waals surface area contributed by atoms with Crippen LogP contribution in [0.3, 0.4) is 0 Å². The van der Waals surface area contributed by atoms with Crippen molar-refractivity contribution in [3.05, 3.63) is 35.5 Å². The van der Waals surface area contributed by atoms with Gasteiger partial charge in [-0.25, -0.2) is 0 Å². The lowest BCUT2D eigenvalue weighted by Gasteiger charge is -2.50. The minimum absolute atomic E-state index is 0. The Labute approximate surface area is 152 Å². The standard InChI is InChI=1S/C20H24N2O3.H2O/c23-17-6-5-11-10-22-8-7-13-12-3-1-2-4-15(12)21-19(13)16(22)9-14(11)18(17)20(24)25;/h1-4,11,14,16-18,21,23H,5-10H2,(H,24,25);1H2/t11-,14+,16-,17-,18+;/m0./s1. The van der Waals surface area contributed by atoms with E-state index in [9.17, 15) is 15.0 Å². The number of benzene rings is 1. The number of hydrogen-bond donors (Lipinski definition) is 3. The van der Waals surface area contributed by atoms with Gasteiger partial charge in [0.1, 0.15) is 0 Å². The van der Waals surface area contributed by atoms with Crippen LogP contribution in [-0.4, -0.2) is 50.7 Å².